The zero-order valence-electron chi connectivity index (χ0n) is 17.2. The van der Waals surface area contributed by atoms with E-state index in [2.05, 4.69) is 5.32 Å². The van der Waals surface area contributed by atoms with Crippen molar-refractivity contribution in [1.29, 1.82) is 0 Å². The minimum Gasteiger partial charge on any atom is -0.545 e. The third kappa shape index (κ3) is 2.91. The van der Waals surface area contributed by atoms with E-state index in [4.69, 9.17) is 0 Å². The van der Waals surface area contributed by atoms with Gasteiger partial charge in [0, 0.05) is 37.7 Å². The predicted octanol–water partition coefficient (Wildman–Crippen LogP) is 0.648. The average molecular weight is 408 g/mol. The van der Waals surface area contributed by atoms with Crippen LogP contribution in [0.3, 0.4) is 0 Å². The van der Waals surface area contributed by atoms with Gasteiger partial charge in [-0.15, -0.1) is 0 Å². The van der Waals surface area contributed by atoms with E-state index in [1.54, 1.807) is 19.2 Å². The molecule has 8 nitrogen and oxygen atoms in total. The average Bonchev–Trinajstić information content (AvgIpc) is 2.68. The van der Waals surface area contributed by atoms with Gasteiger partial charge in [0.15, 0.2) is 5.78 Å². The Bertz CT molecular complexity index is 1250. The van der Waals surface area contributed by atoms with Crippen molar-refractivity contribution in [3.05, 3.63) is 73.1 Å². The number of ketones is 1. The van der Waals surface area contributed by atoms with Crippen molar-refractivity contribution in [1.82, 2.24) is 9.13 Å². The molecule has 2 aliphatic rings. The first kappa shape index (κ1) is 19.9. The summed E-state index contributed by atoms with van der Waals surface area (Å²) in [5.41, 5.74) is 0.891. The van der Waals surface area contributed by atoms with Crippen molar-refractivity contribution in [3.63, 3.8) is 0 Å². The number of aromatic carboxylic acids is 1. The van der Waals surface area contributed by atoms with Gasteiger partial charge in [-0.2, -0.15) is 0 Å². The molecule has 2 heterocycles. The first-order valence-electron chi connectivity index (χ1n) is 9.66. The number of nitrogens with zero attached hydrogens (tertiary/aromatic N) is 2. The van der Waals surface area contributed by atoms with E-state index in [9.17, 15) is 24.3 Å². The normalized spacial score (nSPS) is 19.7. The molecule has 1 atom stereocenters. The molecule has 0 fully saturated rings. The fraction of sp³-hybridized carbons (Fsp3) is 0.364. The summed E-state index contributed by atoms with van der Waals surface area (Å²) in [6.45, 7) is 4.00. The summed E-state index contributed by atoms with van der Waals surface area (Å²) < 4.78 is 2.39. The summed E-state index contributed by atoms with van der Waals surface area (Å²) in [6.07, 6.45) is 0.924. The number of nitrogens with one attached hydrogen (secondary N) is 1. The highest BCUT2D eigenvalue weighted by atomic mass is 16.4. The van der Waals surface area contributed by atoms with Gasteiger partial charge in [0.2, 0.25) is 0 Å². The van der Waals surface area contributed by atoms with Gasteiger partial charge in [0.05, 0.1) is 11.5 Å². The molecule has 0 unspecified atom stereocenters. The molecular formula is C22H22N3O5-. The molecule has 1 aliphatic heterocycles. The quantitative estimate of drug-likeness (QED) is 0.781. The van der Waals surface area contributed by atoms with Crippen LogP contribution in [0.2, 0.25) is 0 Å². The van der Waals surface area contributed by atoms with Gasteiger partial charge in [-0.1, -0.05) is 38.1 Å². The van der Waals surface area contributed by atoms with Crippen LogP contribution >= 0.6 is 0 Å². The molecule has 1 aliphatic carbocycles. The molecule has 0 spiro atoms. The zero-order chi connectivity index (χ0) is 22.0. The van der Waals surface area contributed by atoms with E-state index in [1.165, 1.54) is 23.7 Å². The molecule has 0 saturated heterocycles. The molecule has 1 aromatic carbocycles. The lowest BCUT2D eigenvalue weighted by Gasteiger charge is -2.39. The van der Waals surface area contributed by atoms with Gasteiger partial charge in [-0.25, -0.2) is 4.79 Å². The molecule has 0 saturated carbocycles. The highest BCUT2D eigenvalue weighted by Crippen LogP contribution is 2.47. The summed E-state index contributed by atoms with van der Waals surface area (Å²) in [5, 5.41) is 14.3. The number of fused-ring (bicyclic) bond motifs is 1. The number of carboxylic acids is 1. The maximum absolute atomic E-state index is 13.2. The van der Waals surface area contributed by atoms with Gasteiger partial charge in [-0.05, 0) is 23.0 Å². The van der Waals surface area contributed by atoms with Crippen LogP contribution in [0.1, 0.15) is 54.1 Å². The number of aromatic nitrogens is 2. The second-order valence-electron chi connectivity index (χ2n) is 8.77. The lowest BCUT2D eigenvalue weighted by atomic mass is 9.69. The Morgan fingerprint density at radius 3 is 2.30 bits per heavy atom. The van der Waals surface area contributed by atoms with Crippen LogP contribution in [-0.4, -0.2) is 20.9 Å². The number of anilines is 1. The molecule has 8 heteroatoms. The first-order valence-corrected chi connectivity index (χ1v) is 9.66. The molecule has 0 amide bonds. The minimum atomic E-state index is -1.30. The van der Waals surface area contributed by atoms with E-state index in [0.29, 0.717) is 41.1 Å². The van der Waals surface area contributed by atoms with Crippen LogP contribution in [0.4, 0.5) is 5.82 Å². The van der Waals surface area contributed by atoms with Gasteiger partial charge in [0.25, 0.3) is 5.56 Å². The molecule has 2 aromatic rings. The minimum absolute atomic E-state index is 0.00609. The van der Waals surface area contributed by atoms with Crippen molar-refractivity contribution in [2.75, 3.05) is 5.32 Å². The van der Waals surface area contributed by atoms with E-state index in [-0.39, 0.29) is 16.8 Å². The van der Waals surface area contributed by atoms with Crippen LogP contribution in [0, 0.1) is 5.41 Å². The van der Waals surface area contributed by atoms with Gasteiger partial charge in [-0.3, -0.25) is 18.7 Å². The van der Waals surface area contributed by atoms with Gasteiger partial charge >= 0.3 is 5.69 Å². The number of hydrogen-bond donors (Lipinski definition) is 1. The summed E-state index contributed by atoms with van der Waals surface area (Å²) in [7, 11) is 2.97. The molecule has 1 N–H and O–H groups in total. The highest BCUT2D eigenvalue weighted by molar-refractivity contribution is 6.01. The van der Waals surface area contributed by atoms with Gasteiger partial charge in [0.1, 0.15) is 5.82 Å². The number of carbonyl (C=O) groups is 2. The number of rotatable bonds is 2. The molecule has 0 radical (unpaired) electrons. The summed E-state index contributed by atoms with van der Waals surface area (Å²) in [6, 6.07) is 5.98. The Hall–Kier alpha value is -3.42. The Morgan fingerprint density at radius 2 is 1.70 bits per heavy atom. The smallest absolute Gasteiger partial charge is 0.332 e. The number of benzene rings is 1. The third-order valence-electron chi connectivity index (χ3n) is 5.95. The fourth-order valence-electron chi connectivity index (χ4n) is 4.49. The Labute approximate surface area is 172 Å². The molecule has 1 aromatic heterocycles. The predicted molar refractivity (Wildman–Crippen MR) is 108 cm³/mol. The topological polar surface area (TPSA) is 113 Å². The molecule has 156 valence electrons. The summed E-state index contributed by atoms with van der Waals surface area (Å²) in [4.78, 5) is 50.0. The van der Waals surface area contributed by atoms with Crippen molar-refractivity contribution in [3.8, 4) is 0 Å². The maximum Gasteiger partial charge on any atom is 0.332 e. The standard InChI is InChI=1S/C22H23N3O5/c1-22(2)9-13-16(14(26)10-22)15(11-5-7-12(8-6-11)20(28)29)17-18(23-13)24(3)21(30)25(4)19(17)27/h5-8,15,23H,9-10H2,1-4H3,(H,28,29)/p-1/t15-/m0/s1. The molecule has 4 rings (SSSR count). The Kier molecular flexibility index (Phi) is 4.34. The molecule has 0 bridgehead atoms. The number of carbonyl (C=O) groups excluding carboxylic acids is 2. The second-order valence-corrected chi connectivity index (χ2v) is 8.77. The number of carboxylic acid groups (broad SMARTS) is 1. The first-order chi connectivity index (χ1) is 14.0. The van der Waals surface area contributed by atoms with E-state index in [0.717, 1.165) is 4.57 Å². The van der Waals surface area contributed by atoms with Crippen molar-refractivity contribution < 1.29 is 14.7 Å². The van der Waals surface area contributed by atoms with Gasteiger partial charge < -0.3 is 15.2 Å². The van der Waals surface area contributed by atoms with E-state index >= 15 is 0 Å². The third-order valence-corrected chi connectivity index (χ3v) is 5.95. The number of Topliss-reactive ketones (excluding diaryl/α,β-unsaturated/α-hetero) is 1. The second kappa shape index (κ2) is 6.55. The van der Waals surface area contributed by atoms with E-state index in [1.807, 2.05) is 13.8 Å². The lowest BCUT2D eigenvalue weighted by molar-refractivity contribution is -0.255. The van der Waals surface area contributed by atoms with Crippen LogP contribution in [0.5, 0.6) is 0 Å². The van der Waals surface area contributed by atoms with Crippen LogP contribution < -0.4 is 21.7 Å². The lowest BCUT2D eigenvalue weighted by Crippen LogP contribution is -2.45. The fourth-order valence-corrected chi connectivity index (χ4v) is 4.49. The monoisotopic (exact) mass is 408 g/mol. The molecular weight excluding hydrogens is 386 g/mol. The largest absolute Gasteiger partial charge is 0.545 e. The summed E-state index contributed by atoms with van der Waals surface area (Å²) in [5.74, 6) is -1.70. The van der Waals surface area contributed by atoms with E-state index < -0.39 is 23.1 Å². The van der Waals surface area contributed by atoms with Crippen molar-refractivity contribution in [2.24, 2.45) is 19.5 Å². The number of allylic oxidation sites excluding steroid dienone is 2. The van der Waals surface area contributed by atoms with Crippen molar-refractivity contribution in [2.45, 2.75) is 32.6 Å². The SMILES string of the molecule is Cn1c2c(c(=O)n(C)c1=O)[C@@H](c1ccc(C(=O)[O-])cc1)C1=C(CC(C)(C)CC1=O)N2. The highest BCUT2D eigenvalue weighted by Gasteiger charge is 2.42. The van der Waals surface area contributed by atoms with Crippen LogP contribution in [-0.2, 0) is 18.9 Å². The zero-order valence-corrected chi connectivity index (χ0v) is 17.2. The number of hydrogen-bond acceptors (Lipinski definition) is 6. The summed E-state index contributed by atoms with van der Waals surface area (Å²) >= 11 is 0. The van der Waals surface area contributed by atoms with Crippen LogP contribution in [0.15, 0.2) is 45.1 Å². The maximum atomic E-state index is 13.2. The Balaban J connectivity index is 2.03. The van der Waals surface area contributed by atoms with Crippen molar-refractivity contribution >= 4 is 17.6 Å². The van der Waals surface area contributed by atoms with Crippen LogP contribution in [0.25, 0.3) is 0 Å². The Morgan fingerprint density at radius 1 is 1.07 bits per heavy atom. The molecule has 30 heavy (non-hydrogen) atoms.